The zero-order valence-electron chi connectivity index (χ0n) is 59.0. The van der Waals surface area contributed by atoms with Crippen LogP contribution in [0.2, 0.25) is 0 Å². The smallest absolute Gasteiger partial charge is 0.308 e. The topological polar surface area (TPSA) is 118 Å². The zero-order valence-corrected chi connectivity index (χ0v) is 60.6. The first-order valence-electron chi connectivity index (χ1n) is 36.1. The monoisotopic (exact) mass is 1450 g/mol. The van der Waals surface area contributed by atoms with Crippen LogP contribution in [0.5, 0.6) is 0 Å². The van der Waals surface area contributed by atoms with Crippen molar-refractivity contribution in [3.8, 4) is 28.2 Å². The number of furan rings is 3. The molecule has 0 fully saturated rings. The van der Waals surface area contributed by atoms with Crippen molar-refractivity contribution in [1.29, 1.82) is 0 Å². The fourth-order valence-corrected chi connectivity index (χ4v) is 16.2. The number of carbonyl (C=O) groups is 1. The van der Waals surface area contributed by atoms with Crippen LogP contribution in [0.4, 0.5) is 5.69 Å². The van der Waals surface area contributed by atoms with E-state index in [4.69, 9.17) is 24.1 Å². The zero-order chi connectivity index (χ0) is 72.4. The van der Waals surface area contributed by atoms with E-state index in [1.165, 1.54) is 137 Å². The highest BCUT2D eigenvalue weighted by Crippen LogP contribution is 2.48. The molecule has 0 spiro atoms. The van der Waals surface area contributed by atoms with Crippen LogP contribution in [-0.4, -0.2) is 24.8 Å². The number of halogens is 1. The van der Waals surface area contributed by atoms with Crippen molar-refractivity contribution in [2.75, 3.05) is 5.73 Å². The minimum absolute atomic E-state index is 0.583. The van der Waals surface area contributed by atoms with Gasteiger partial charge in [-0.1, -0.05) is 243 Å². The molecule has 1 aliphatic carbocycles. The Labute approximate surface area is 624 Å². The maximum absolute atomic E-state index is 10.0. The lowest BCUT2D eigenvalue weighted by molar-refractivity contribution is -0.145. The number of nitrogen functional groups attached to an aromatic ring is 1. The van der Waals surface area contributed by atoms with Crippen molar-refractivity contribution in [3.05, 3.63) is 360 Å². The average Bonchev–Trinajstić information content (AvgIpc) is 1.37. The van der Waals surface area contributed by atoms with Gasteiger partial charge >= 0.3 is 5.97 Å². The number of rotatable bonds is 5. The molecule has 21 aromatic rings. The van der Waals surface area contributed by atoms with E-state index in [2.05, 4.69) is 297 Å². The second kappa shape index (κ2) is 27.2. The first-order valence-corrected chi connectivity index (χ1v) is 36.8. The number of benzene rings is 15. The van der Waals surface area contributed by atoms with Crippen LogP contribution in [0.1, 0.15) is 43.0 Å². The van der Waals surface area contributed by atoms with Gasteiger partial charge in [-0.25, -0.2) is 0 Å². The molecule has 0 amide bonds. The minimum atomic E-state index is -0.757. The number of anilines is 1. The summed E-state index contributed by atoms with van der Waals surface area (Å²) < 4.78 is 26.7. The predicted molar refractivity (Wildman–Crippen MR) is 447 cm³/mol. The molecule has 0 bridgehead atoms. The molecular weight excluding hydrogens is 1380 g/mol. The number of carboxylic acid groups (broad SMARTS) is 1. The highest BCUT2D eigenvalue weighted by molar-refractivity contribution is 9.10. The predicted octanol–water partition coefficient (Wildman–Crippen LogP) is 26.4. The van der Waals surface area contributed by atoms with Gasteiger partial charge in [-0.15, -0.1) is 0 Å². The fraction of sp³-hybridized carbons (Fsp3) is 0.0619. The second-order valence-corrected chi connectivity index (χ2v) is 29.0. The van der Waals surface area contributed by atoms with Gasteiger partial charge in [0.1, 0.15) is 27.9 Å². The first-order chi connectivity index (χ1) is 52.4. The van der Waals surface area contributed by atoms with Crippen molar-refractivity contribution in [3.63, 3.8) is 0 Å². The number of aliphatic carboxylic acids is 1. The van der Waals surface area contributed by atoms with Crippen molar-refractivity contribution in [2.45, 2.75) is 33.6 Å². The van der Waals surface area contributed by atoms with Crippen LogP contribution in [0, 0.1) is 5.41 Å². The maximum Gasteiger partial charge on any atom is 0.308 e. The van der Waals surface area contributed by atoms with Gasteiger partial charge in [0.05, 0.1) is 44.2 Å². The van der Waals surface area contributed by atoms with Crippen molar-refractivity contribution < 1.29 is 23.2 Å². The molecule has 0 aliphatic heterocycles. The van der Waals surface area contributed by atoms with Gasteiger partial charge in [0.2, 0.25) is 0 Å². The van der Waals surface area contributed by atoms with Gasteiger partial charge < -0.3 is 37.8 Å². The lowest BCUT2D eigenvalue weighted by Crippen LogP contribution is -2.18. The van der Waals surface area contributed by atoms with Crippen molar-refractivity contribution >= 4 is 159 Å². The Hall–Kier alpha value is -13.2. The Bertz CT molecular complexity index is 6990. The van der Waals surface area contributed by atoms with E-state index >= 15 is 0 Å². The van der Waals surface area contributed by atoms with Gasteiger partial charge in [0.15, 0.2) is 5.58 Å². The van der Waals surface area contributed by atoms with Crippen LogP contribution in [0.3, 0.4) is 0 Å². The normalized spacial score (nSPS) is 11.9. The van der Waals surface area contributed by atoms with Crippen LogP contribution < -0.4 is 5.73 Å². The van der Waals surface area contributed by atoms with E-state index in [0.29, 0.717) is 5.69 Å². The molecule has 0 radical (unpaired) electrons. The van der Waals surface area contributed by atoms with Gasteiger partial charge in [0, 0.05) is 105 Å². The molecular formula is C97H71BrN4O5. The number of carboxylic acids is 1. The summed E-state index contributed by atoms with van der Waals surface area (Å²) in [5, 5.41) is 22.9. The Morgan fingerprint density at radius 3 is 1.21 bits per heavy atom. The van der Waals surface area contributed by atoms with E-state index < -0.39 is 11.4 Å². The highest BCUT2D eigenvalue weighted by atomic mass is 79.9. The molecule has 6 heterocycles. The lowest BCUT2D eigenvalue weighted by Gasteiger charge is -2.11. The van der Waals surface area contributed by atoms with E-state index in [-0.39, 0.29) is 0 Å². The molecule has 0 saturated heterocycles. The molecule has 3 N–H and O–H groups in total. The molecule has 6 aromatic heterocycles. The number of para-hydroxylation sites is 13. The Morgan fingerprint density at radius 2 is 0.692 bits per heavy atom. The highest BCUT2D eigenvalue weighted by Gasteiger charge is 2.29. The van der Waals surface area contributed by atoms with Crippen LogP contribution in [0.15, 0.2) is 351 Å². The molecule has 9 nitrogen and oxygen atoms in total. The molecule has 15 aromatic carbocycles. The molecule has 107 heavy (non-hydrogen) atoms. The summed E-state index contributed by atoms with van der Waals surface area (Å²) in [6, 6.07) is 117. The van der Waals surface area contributed by atoms with Crippen LogP contribution in [0.25, 0.3) is 159 Å². The SMILES string of the molecule is Brc1cccc2c3ccccc3n(-c3ccccc3)c12.CC(C)(C)C(=O)O.Nc1cccc2c1oc1ccccc12.c1ccc(-n2c3ccccc3c3ccc4c(c32)Cc2c-4ccc3c2oc2ccccc23)cc1.c1ccc(-n2c3ccccc3c3cccc(Cc4cccc5c4oc4ccccc45)c32)cc1. The summed E-state index contributed by atoms with van der Waals surface area (Å²) in [5.74, 6) is -0.757. The van der Waals surface area contributed by atoms with E-state index in [0.717, 1.165) is 61.6 Å². The largest absolute Gasteiger partial charge is 0.481 e. The Balaban J connectivity index is 0.000000102. The Kier molecular flexibility index (Phi) is 16.7. The minimum Gasteiger partial charge on any atom is -0.481 e. The van der Waals surface area contributed by atoms with E-state index in [1.54, 1.807) is 20.8 Å². The lowest BCUT2D eigenvalue weighted by atomic mass is 9.98. The molecule has 0 unspecified atom stereocenters. The molecule has 516 valence electrons. The van der Waals surface area contributed by atoms with E-state index in [1.807, 2.05) is 66.7 Å². The van der Waals surface area contributed by atoms with Crippen LogP contribution in [-0.2, 0) is 17.6 Å². The summed E-state index contributed by atoms with van der Waals surface area (Å²) in [4.78, 5) is 10.0. The Morgan fingerprint density at radius 1 is 0.346 bits per heavy atom. The summed E-state index contributed by atoms with van der Waals surface area (Å²) in [7, 11) is 0. The second-order valence-electron chi connectivity index (χ2n) is 28.2. The number of hydrogen-bond donors (Lipinski definition) is 2. The molecule has 1 aliphatic rings. The first kappa shape index (κ1) is 65.8. The fourth-order valence-electron chi connectivity index (χ4n) is 15.7. The maximum atomic E-state index is 10.0. The number of nitrogens with zero attached hydrogens (tertiary/aromatic N) is 3. The third-order valence-electron chi connectivity index (χ3n) is 20.6. The number of nitrogens with two attached hydrogens (primary N) is 1. The molecule has 0 atom stereocenters. The van der Waals surface area contributed by atoms with E-state index in [9.17, 15) is 4.79 Å². The van der Waals surface area contributed by atoms with Gasteiger partial charge in [-0.3, -0.25) is 4.79 Å². The molecule has 22 rings (SSSR count). The van der Waals surface area contributed by atoms with Crippen molar-refractivity contribution in [1.82, 2.24) is 13.7 Å². The standard InChI is InChI=1S/C31H19NO.C31H21NO.C18H12BrN.C12H9NO.C5H10O2/c1-2-8-19(9-3-1)32-28-12-6-4-10-22(28)24-16-14-20-21-15-17-25-23-11-5-7-13-29(23)33-31(25)27(21)18-26(20)30(24)32;1-2-12-23(13-3-1)32-28-18-6-4-14-24(28)26-16-8-10-21(30(26)32)20-22-11-9-17-27-25-15-5-7-19-29(25)33-31(22)27;19-16-11-6-10-15-14-9-4-5-12-17(14)20(18(15)16)13-7-2-1-3-8-13;13-10-6-3-5-9-8-4-1-2-7-11(8)14-12(9)10;1-5(2,3)4(6)7/h1-17H,18H2;1-19H,20H2;1-12H;1-7H,13H2;1-3H3,(H,6,7). The van der Waals surface area contributed by atoms with Crippen molar-refractivity contribution in [2.24, 2.45) is 5.41 Å². The molecule has 10 heteroatoms. The number of fused-ring (bicyclic) bond motifs is 23. The van der Waals surface area contributed by atoms with Crippen LogP contribution >= 0.6 is 15.9 Å². The summed E-state index contributed by atoms with van der Waals surface area (Å²) in [6.45, 7) is 4.99. The number of aromatic nitrogens is 3. The number of hydrogen-bond acceptors (Lipinski definition) is 5. The van der Waals surface area contributed by atoms with Gasteiger partial charge in [0.25, 0.3) is 0 Å². The third-order valence-corrected chi connectivity index (χ3v) is 21.3. The third kappa shape index (κ3) is 11.6. The quantitative estimate of drug-likeness (QED) is 0.166. The van der Waals surface area contributed by atoms with Gasteiger partial charge in [-0.2, -0.15) is 0 Å². The van der Waals surface area contributed by atoms with Gasteiger partial charge in [-0.05, 0) is 156 Å². The molecule has 0 saturated carbocycles. The average molecular weight is 1450 g/mol. The summed E-state index contributed by atoms with van der Waals surface area (Å²) in [6.07, 6.45) is 1.68. The summed E-state index contributed by atoms with van der Waals surface area (Å²) in [5.41, 5.74) is 30.4. The summed E-state index contributed by atoms with van der Waals surface area (Å²) >= 11 is 3.70.